The van der Waals surface area contributed by atoms with Gasteiger partial charge in [-0.05, 0) is 73.8 Å². The number of aromatic nitrogens is 1. The van der Waals surface area contributed by atoms with Crippen molar-refractivity contribution in [3.8, 4) is 0 Å². The van der Waals surface area contributed by atoms with E-state index >= 15 is 0 Å². The number of pyridine rings is 1. The van der Waals surface area contributed by atoms with E-state index in [1.54, 1.807) is 0 Å². The van der Waals surface area contributed by atoms with E-state index < -0.39 is 0 Å². The second kappa shape index (κ2) is 6.80. The topological polar surface area (TPSA) is 37.0 Å². The molecule has 1 aliphatic heterocycles. The highest BCUT2D eigenvalue weighted by Crippen LogP contribution is 2.29. The van der Waals surface area contributed by atoms with Crippen LogP contribution in [0.15, 0.2) is 54.7 Å². The van der Waals surface area contributed by atoms with E-state index in [-0.39, 0.29) is 0 Å². The molecule has 0 spiro atoms. The molecule has 122 valence electrons. The number of fused-ring (bicyclic) bond motifs is 1. The summed E-state index contributed by atoms with van der Waals surface area (Å²) in [6.45, 7) is 2.24. The fourth-order valence-corrected chi connectivity index (χ4v) is 3.55. The molecule has 3 aromatic rings. The lowest BCUT2D eigenvalue weighted by Gasteiger charge is -2.23. The van der Waals surface area contributed by atoms with E-state index in [0.717, 1.165) is 35.4 Å². The Hall–Kier alpha value is -2.10. The number of rotatable bonds is 3. The van der Waals surface area contributed by atoms with Crippen LogP contribution in [0.4, 0.5) is 11.4 Å². The van der Waals surface area contributed by atoms with Gasteiger partial charge < -0.3 is 10.6 Å². The van der Waals surface area contributed by atoms with Gasteiger partial charge in [0.25, 0.3) is 0 Å². The van der Waals surface area contributed by atoms with Gasteiger partial charge in [0.05, 0.1) is 5.52 Å². The van der Waals surface area contributed by atoms with E-state index in [1.807, 2.05) is 30.5 Å². The molecular formula is C20H20ClN3. The molecule has 1 aromatic heterocycles. The van der Waals surface area contributed by atoms with Gasteiger partial charge in [-0.25, -0.2) is 0 Å². The molecule has 1 aliphatic rings. The molecule has 4 heteroatoms. The standard InChI is InChI=1S/C20H20ClN3/c21-16-3-6-18-19(9-12-23-20(18)13-16)24-17-4-1-14(2-5-17)15-7-10-22-11-8-15/h1-6,9,12-13,15,22H,7-8,10-11H2,(H,23,24). The van der Waals surface area contributed by atoms with Crippen LogP contribution in [0.1, 0.15) is 24.3 Å². The summed E-state index contributed by atoms with van der Waals surface area (Å²) in [6, 6.07) is 16.6. The van der Waals surface area contributed by atoms with Gasteiger partial charge in [-0.3, -0.25) is 4.98 Å². The van der Waals surface area contributed by atoms with Crippen LogP contribution in [0.5, 0.6) is 0 Å². The smallest absolute Gasteiger partial charge is 0.0737 e. The average molecular weight is 338 g/mol. The molecule has 2 N–H and O–H groups in total. The zero-order valence-corrected chi connectivity index (χ0v) is 14.2. The summed E-state index contributed by atoms with van der Waals surface area (Å²) in [6.07, 6.45) is 4.26. The van der Waals surface area contributed by atoms with Crippen LogP contribution in [-0.2, 0) is 0 Å². The summed E-state index contributed by atoms with van der Waals surface area (Å²) >= 11 is 6.06. The number of hydrogen-bond acceptors (Lipinski definition) is 3. The summed E-state index contributed by atoms with van der Waals surface area (Å²) in [5.74, 6) is 0.684. The average Bonchev–Trinajstić information content (AvgIpc) is 2.63. The zero-order chi connectivity index (χ0) is 16.4. The van der Waals surface area contributed by atoms with Crippen molar-refractivity contribution in [2.45, 2.75) is 18.8 Å². The van der Waals surface area contributed by atoms with Crippen LogP contribution >= 0.6 is 11.6 Å². The van der Waals surface area contributed by atoms with Crippen molar-refractivity contribution in [2.24, 2.45) is 0 Å². The summed E-state index contributed by atoms with van der Waals surface area (Å²) in [5.41, 5.74) is 4.48. The maximum absolute atomic E-state index is 6.06. The first-order chi connectivity index (χ1) is 11.8. The number of nitrogens with one attached hydrogen (secondary N) is 2. The van der Waals surface area contributed by atoms with Gasteiger partial charge in [0, 0.05) is 28.0 Å². The van der Waals surface area contributed by atoms with Crippen LogP contribution in [0.2, 0.25) is 5.02 Å². The highest BCUT2D eigenvalue weighted by molar-refractivity contribution is 6.31. The Kier molecular flexibility index (Phi) is 4.37. The number of hydrogen-bond donors (Lipinski definition) is 2. The van der Waals surface area contributed by atoms with Gasteiger partial charge in [-0.15, -0.1) is 0 Å². The van der Waals surface area contributed by atoms with E-state index in [9.17, 15) is 0 Å². The van der Waals surface area contributed by atoms with Gasteiger partial charge in [0.1, 0.15) is 0 Å². The second-order valence-corrected chi connectivity index (χ2v) is 6.73. The molecule has 24 heavy (non-hydrogen) atoms. The van der Waals surface area contributed by atoms with Gasteiger partial charge in [-0.2, -0.15) is 0 Å². The maximum Gasteiger partial charge on any atom is 0.0737 e. The van der Waals surface area contributed by atoms with Crippen LogP contribution in [0, 0.1) is 0 Å². The quantitative estimate of drug-likeness (QED) is 0.698. The lowest BCUT2D eigenvalue weighted by atomic mass is 9.90. The molecule has 0 radical (unpaired) electrons. The van der Waals surface area contributed by atoms with Crippen molar-refractivity contribution in [2.75, 3.05) is 18.4 Å². The first-order valence-electron chi connectivity index (χ1n) is 8.41. The lowest BCUT2D eigenvalue weighted by molar-refractivity contribution is 0.460. The number of anilines is 2. The molecule has 0 bridgehead atoms. The molecule has 0 amide bonds. The Morgan fingerprint density at radius 1 is 1.00 bits per heavy atom. The van der Waals surface area contributed by atoms with E-state index in [0.29, 0.717) is 10.9 Å². The minimum absolute atomic E-state index is 0.684. The molecule has 0 saturated carbocycles. The molecule has 2 aromatic carbocycles. The third kappa shape index (κ3) is 3.23. The lowest BCUT2D eigenvalue weighted by Crippen LogP contribution is -2.26. The number of nitrogens with zero attached hydrogens (tertiary/aromatic N) is 1. The molecule has 0 aliphatic carbocycles. The third-order valence-corrected chi connectivity index (χ3v) is 4.94. The van der Waals surface area contributed by atoms with Crippen LogP contribution in [0.3, 0.4) is 0 Å². The summed E-state index contributed by atoms with van der Waals surface area (Å²) in [7, 11) is 0. The fraction of sp³-hybridized carbons (Fsp3) is 0.250. The predicted molar refractivity (Wildman–Crippen MR) is 101 cm³/mol. The normalized spacial score (nSPS) is 15.5. The largest absolute Gasteiger partial charge is 0.355 e. The second-order valence-electron chi connectivity index (χ2n) is 6.29. The van der Waals surface area contributed by atoms with Crippen molar-refractivity contribution in [3.63, 3.8) is 0 Å². The Morgan fingerprint density at radius 2 is 1.79 bits per heavy atom. The van der Waals surface area contributed by atoms with Crippen molar-refractivity contribution < 1.29 is 0 Å². The van der Waals surface area contributed by atoms with Gasteiger partial charge in [0.2, 0.25) is 0 Å². The summed E-state index contributed by atoms with van der Waals surface area (Å²) in [5, 5.41) is 8.70. The van der Waals surface area contributed by atoms with Crippen molar-refractivity contribution in [1.29, 1.82) is 0 Å². The fourth-order valence-electron chi connectivity index (χ4n) is 3.38. The molecule has 1 saturated heterocycles. The molecule has 4 rings (SSSR count). The van der Waals surface area contributed by atoms with Crippen molar-refractivity contribution in [3.05, 3.63) is 65.3 Å². The monoisotopic (exact) mass is 337 g/mol. The Labute approximate surface area is 147 Å². The maximum atomic E-state index is 6.06. The van der Waals surface area contributed by atoms with Gasteiger partial charge in [-0.1, -0.05) is 23.7 Å². The van der Waals surface area contributed by atoms with Gasteiger partial charge in [0.15, 0.2) is 0 Å². The van der Waals surface area contributed by atoms with E-state index in [4.69, 9.17) is 11.6 Å². The highest BCUT2D eigenvalue weighted by Gasteiger charge is 2.14. The van der Waals surface area contributed by atoms with Crippen LogP contribution in [0.25, 0.3) is 10.9 Å². The highest BCUT2D eigenvalue weighted by atomic mass is 35.5. The minimum Gasteiger partial charge on any atom is -0.355 e. The van der Waals surface area contributed by atoms with Crippen LogP contribution in [-0.4, -0.2) is 18.1 Å². The first-order valence-corrected chi connectivity index (χ1v) is 8.79. The molecular weight excluding hydrogens is 318 g/mol. The molecule has 1 fully saturated rings. The minimum atomic E-state index is 0.684. The number of benzene rings is 2. The molecule has 0 atom stereocenters. The first kappa shape index (κ1) is 15.4. The summed E-state index contributed by atoms with van der Waals surface area (Å²) < 4.78 is 0. The third-order valence-electron chi connectivity index (χ3n) is 4.71. The van der Waals surface area contributed by atoms with Gasteiger partial charge >= 0.3 is 0 Å². The SMILES string of the molecule is Clc1ccc2c(Nc3ccc(C4CCNCC4)cc3)ccnc2c1. The summed E-state index contributed by atoms with van der Waals surface area (Å²) in [4.78, 5) is 4.39. The number of piperidine rings is 1. The van der Waals surface area contributed by atoms with Crippen molar-refractivity contribution >= 4 is 33.9 Å². The van der Waals surface area contributed by atoms with E-state index in [2.05, 4.69) is 39.9 Å². The Balaban J connectivity index is 1.57. The zero-order valence-electron chi connectivity index (χ0n) is 13.4. The molecule has 3 nitrogen and oxygen atoms in total. The Bertz CT molecular complexity index is 839. The predicted octanol–water partition coefficient (Wildman–Crippen LogP) is 5.10. The van der Waals surface area contributed by atoms with Crippen LogP contribution < -0.4 is 10.6 Å². The van der Waals surface area contributed by atoms with Crippen molar-refractivity contribution in [1.82, 2.24) is 10.3 Å². The number of halogens is 1. The Morgan fingerprint density at radius 3 is 2.58 bits per heavy atom. The van der Waals surface area contributed by atoms with E-state index in [1.165, 1.54) is 18.4 Å². The molecule has 2 heterocycles. The molecule has 0 unspecified atom stereocenters.